The van der Waals surface area contributed by atoms with Crippen molar-refractivity contribution in [3.05, 3.63) is 41.6 Å². The van der Waals surface area contributed by atoms with Gasteiger partial charge in [0.15, 0.2) is 0 Å². The highest BCUT2D eigenvalue weighted by atomic mass is 16.1. The average Bonchev–Trinajstić information content (AvgIpc) is 2.29. The predicted molar refractivity (Wildman–Crippen MR) is 63.2 cm³/mol. The zero-order valence-corrected chi connectivity index (χ0v) is 9.10. The zero-order valence-electron chi connectivity index (χ0n) is 9.10. The zero-order chi connectivity index (χ0) is 11.4. The summed E-state index contributed by atoms with van der Waals surface area (Å²) in [6, 6.07) is 10.2. The topological polar surface area (TPSA) is 42.3 Å². The Morgan fingerprint density at radius 2 is 2.19 bits per heavy atom. The minimum atomic E-state index is 0.494. The Kier molecular flexibility index (Phi) is 3.08. The van der Waals surface area contributed by atoms with Crippen LogP contribution in [0.3, 0.4) is 0 Å². The highest BCUT2D eigenvalue weighted by Gasteiger charge is 1.98. The van der Waals surface area contributed by atoms with Crippen molar-refractivity contribution in [3.63, 3.8) is 0 Å². The second-order valence-corrected chi connectivity index (χ2v) is 3.70. The summed E-state index contributed by atoms with van der Waals surface area (Å²) in [4.78, 5) is 17.9. The third kappa shape index (κ3) is 2.33. The Morgan fingerprint density at radius 3 is 3.00 bits per heavy atom. The van der Waals surface area contributed by atoms with E-state index < -0.39 is 0 Å². The minimum absolute atomic E-state index is 0.494. The number of hydrogen-bond acceptors (Lipinski definition) is 3. The summed E-state index contributed by atoms with van der Waals surface area (Å²) in [6.45, 7) is 2.47. The Morgan fingerprint density at radius 1 is 1.31 bits per heavy atom. The van der Waals surface area contributed by atoms with Gasteiger partial charge in [0.2, 0.25) is 6.08 Å². The lowest BCUT2D eigenvalue weighted by Crippen LogP contribution is -1.90. The summed E-state index contributed by atoms with van der Waals surface area (Å²) < 4.78 is 0. The van der Waals surface area contributed by atoms with Crippen LogP contribution in [0, 0.1) is 6.92 Å². The number of isocyanates is 1. The molecule has 0 aliphatic heterocycles. The molecule has 0 radical (unpaired) electrons. The third-order valence-electron chi connectivity index (χ3n) is 2.47. The first kappa shape index (κ1) is 10.5. The standard InChI is InChI=1S/C13H12N2O/c1-10-2-4-12-8-11(6-7-14-9-16)3-5-13(12)15-10/h2-5,8H,6-7H2,1H3. The van der Waals surface area contributed by atoms with Crippen LogP contribution in [0.15, 0.2) is 35.3 Å². The number of rotatable bonds is 3. The van der Waals surface area contributed by atoms with Gasteiger partial charge >= 0.3 is 0 Å². The van der Waals surface area contributed by atoms with Gasteiger partial charge < -0.3 is 0 Å². The highest BCUT2D eigenvalue weighted by molar-refractivity contribution is 5.79. The van der Waals surface area contributed by atoms with Crippen LogP contribution in [0.25, 0.3) is 10.9 Å². The van der Waals surface area contributed by atoms with Gasteiger partial charge in [0.1, 0.15) is 0 Å². The Hall–Kier alpha value is -1.99. The largest absolute Gasteiger partial charge is 0.253 e. The van der Waals surface area contributed by atoms with Crippen molar-refractivity contribution in [1.29, 1.82) is 0 Å². The molecule has 1 heterocycles. The molecule has 0 unspecified atom stereocenters. The van der Waals surface area contributed by atoms with Gasteiger partial charge in [-0.3, -0.25) is 4.98 Å². The summed E-state index contributed by atoms with van der Waals surface area (Å²) in [5.41, 5.74) is 3.19. The molecule has 16 heavy (non-hydrogen) atoms. The fraction of sp³-hybridized carbons (Fsp3) is 0.231. The number of carbonyl (C=O) groups excluding carboxylic acids is 1. The fourth-order valence-corrected chi connectivity index (χ4v) is 1.66. The van der Waals surface area contributed by atoms with Crippen LogP contribution in [0.1, 0.15) is 11.3 Å². The molecule has 0 atom stereocenters. The van der Waals surface area contributed by atoms with Gasteiger partial charge in [-0.25, -0.2) is 9.79 Å². The summed E-state index contributed by atoms with van der Waals surface area (Å²) >= 11 is 0. The molecule has 2 aromatic rings. The Balaban J connectivity index is 2.29. The molecular weight excluding hydrogens is 200 g/mol. The van der Waals surface area contributed by atoms with Crippen LogP contribution < -0.4 is 0 Å². The molecule has 1 aromatic carbocycles. The summed E-state index contributed by atoms with van der Waals surface area (Å²) in [5, 5.41) is 1.12. The quantitative estimate of drug-likeness (QED) is 0.579. The first-order chi connectivity index (χ1) is 7.79. The van der Waals surface area contributed by atoms with E-state index in [0.717, 1.165) is 28.6 Å². The fourth-order valence-electron chi connectivity index (χ4n) is 1.66. The van der Waals surface area contributed by atoms with Crippen LogP contribution in [0.4, 0.5) is 0 Å². The van der Waals surface area contributed by atoms with Gasteiger partial charge in [-0.05, 0) is 37.1 Å². The first-order valence-corrected chi connectivity index (χ1v) is 5.19. The van der Waals surface area contributed by atoms with Gasteiger partial charge in [-0.2, -0.15) is 0 Å². The van der Waals surface area contributed by atoms with E-state index in [1.165, 1.54) is 0 Å². The number of aryl methyl sites for hydroxylation is 1. The second-order valence-electron chi connectivity index (χ2n) is 3.70. The maximum Gasteiger partial charge on any atom is 0.234 e. The molecule has 0 spiro atoms. The average molecular weight is 212 g/mol. The van der Waals surface area contributed by atoms with Crippen molar-refractivity contribution < 1.29 is 4.79 Å². The number of hydrogen-bond donors (Lipinski definition) is 0. The molecule has 1 aromatic heterocycles. The summed E-state index contributed by atoms with van der Waals surface area (Å²) in [6.07, 6.45) is 2.31. The first-order valence-electron chi connectivity index (χ1n) is 5.19. The van der Waals surface area contributed by atoms with Crippen molar-refractivity contribution in [3.8, 4) is 0 Å². The van der Waals surface area contributed by atoms with Crippen molar-refractivity contribution in [2.24, 2.45) is 4.99 Å². The number of benzene rings is 1. The van der Waals surface area contributed by atoms with E-state index in [-0.39, 0.29) is 0 Å². The van der Waals surface area contributed by atoms with E-state index in [1.54, 1.807) is 6.08 Å². The van der Waals surface area contributed by atoms with Crippen LogP contribution in [0.2, 0.25) is 0 Å². The molecule has 0 N–H and O–H groups in total. The monoisotopic (exact) mass is 212 g/mol. The van der Waals surface area contributed by atoms with Gasteiger partial charge in [-0.1, -0.05) is 12.1 Å². The molecule has 0 amide bonds. The van der Waals surface area contributed by atoms with Crippen molar-refractivity contribution in [2.75, 3.05) is 6.54 Å². The van der Waals surface area contributed by atoms with Crippen molar-refractivity contribution in [1.82, 2.24) is 4.98 Å². The number of aliphatic imine (C=N–C) groups is 1. The van der Waals surface area contributed by atoms with Crippen molar-refractivity contribution >= 4 is 17.0 Å². The number of aromatic nitrogens is 1. The second kappa shape index (κ2) is 4.69. The predicted octanol–water partition coefficient (Wildman–Crippen LogP) is 2.42. The normalized spacial score (nSPS) is 10.1. The SMILES string of the molecule is Cc1ccc2cc(CCN=C=O)ccc2n1. The number of fused-ring (bicyclic) bond motifs is 1. The van der Waals surface area contributed by atoms with Crippen LogP contribution >= 0.6 is 0 Å². The van der Waals surface area contributed by atoms with Gasteiger partial charge in [-0.15, -0.1) is 0 Å². The van der Waals surface area contributed by atoms with E-state index in [0.29, 0.717) is 6.54 Å². The Bertz CT molecular complexity index is 557. The van der Waals surface area contributed by atoms with Crippen LogP contribution in [-0.4, -0.2) is 17.6 Å². The maximum atomic E-state index is 9.94. The molecular formula is C13H12N2O. The van der Waals surface area contributed by atoms with E-state index >= 15 is 0 Å². The number of pyridine rings is 1. The summed E-state index contributed by atoms with van der Waals surface area (Å²) in [7, 11) is 0. The van der Waals surface area contributed by atoms with E-state index in [9.17, 15) is 4.79 Å². The third-order valence-corrected chi connectivity index (χ3v) is 2.47. The molecule has 0 aliphatic carbocycles. The van der Waals surface area contributed by atoms with E-state index in [2.05, 4.69) is 22.1 Å². The molecule has 3 heteroatoms. The Labute approximate surface area is 93.8 Å². The lowest BCUT2D eigenvalue weighted by Gasteiger charge is -2.02. The van der Waals surface area contributed by atoms with Crippen molar-refractivity contribution in [2.45, 2.75) is 13.3 Å². The minimum Gasteiger partial charge on any atom is -0.253 e. The molecule has 0 bridgehead atoms. The molecule has 0 saturated carbocycles. The maximum absolute atomic E-state index is 9.94. The summed E-state index contributed by atoms with van der Waals surface area (Å²) in [5.74, 6) is 0. The number of nitrogens with zero attached hydrogens (tertiary/aromatic N) is 2. The van der Waals surface area contributed by atoms with E-state index in [1.807, 2.05) is 25.1 Å². The van der Waals surface area contributed by atoms with Gasteiger partial charge in [0.25, 0.3) is 0 Å². The molecule has 0 saturated heterocycles. The van der Waals surface area contributed by atoms with Crippen LogP contribution in [0.5, 0.6) is 0 Å². The van der Waals surface area contributed by atoms with Crippen LogP contribution in [-0.2, 0) is 11.2 Å². The lowest BCUT2D eigenvalue weighted by molar-refractivity contribution is 0.563. The van der Waals surface area contributed by atoms with Gasteiger partial charge in [0, 0.05) is 11.1 Å². The molecule has 3 nitrogen and oxygen atoms in total. The lowest BCUT2D eigenvalue weighted by atomic mass is 10.1. The molecule has 0 aliphatic rings. The van der Waals surface area contributed by atoms with Gasteiger partial charge in [0.05, 0.1) is 12.1 Å². The molecule has 0 fully saturated rings. The smallest absolute Gasteiger partial charge is 0.234 e. The molecule has 80 valence electrons. The molecule has 2 rings (SSSR count). The highest BCUT2D eigenvalue weighted by Crippen LogP contribution is 2.15. The van der Waals surface area contributed by atoms with E-state index in [4.69, 9.17) is 0 Å².